The molecule has 2 nitrogen and oxygen atoms in total. The van der Waals surface area contributed by atoms with Crippen molar-refractivity contribution in [1.82, 2.24) is 0 Å². The van der Waals surface area contributed by atoms with Crippen molar-refractivity contribution in [3.05, 3.63) is 81.9 Å². The van der Waals surface area contributed by atoms with Gasteiger partial charge in [-0.1, -0.05) is 23.3 Å². The van der Waals surface area contributed by atoms with Gasteiger partial charge in [-0.25, -0.2) is 8.78 Å². The van der Waals surface area contributed by atoms with Crippen molar-refractivity contribution in [2.24, 2.45) is 0 Å². The molecule has 0 amide bonds. The van der Waals surface area contributed by atoms with Crippen molar-refractivity contribution < 1.29 is 13.6 Å². The quantitative estimate of drug-likeness (QED) is 0.615. The van der Waals surface area contributed by atoms with E-state index in [9.17, 15) is 13.6 Å². The van der Waals surface area contributed by atoms with Gasteiger partial charge in [0.25, 0.3) is 0 Å². The zero-order chi connectivity index (χ0) is 17.0. The maximum atomic E-state index is 13.6. The van der Waals surface area contributed by atoms with Crippen LogP contribution in [0.3, 0.4) is 0 Å². The Morgan fingerprint density at radius 1 is 1.22 bits per heavy atom. The van der Waals surface area contributed by atoms with Gasteiger partial charge in [0.2, 0.25) is 0 Å². The molecule has 0 bridgehead atoms. The second-order valence-corrected chi connectivity index (χ2v) is 5.43. The van der Waals surface area contributed by atoms with Crippen LogP contribution in [0.5, 0.6) is 0 Å². The number of nitriles is 1. The molecule has 23 heavy (non-hydrogen) atoms. The van der Waals surface area contributed by atoms with Gasteiger partial charge in [-0.15, -0.1) is 0 Å². The average molecular weight is 311 g/mol. The van der Waals surface area contributed by atoms with Gasteiger partial charge in [-0.3, -0.25) is 4.79 Å². The summed E-state index contributed by atoms with van der Waals surface area (Å²) in [6, 6.07) is 10.4. The Balaban J connectivity index is 2.26. The second-order valence-electron chi connectivity index (χ2n) is 5.43. The second kappa shape index (κ2) is 6.97. The summed E-state index contributed by atoms with van der Waals surface area (Å²) in [5.41, 5.74) is 2.45. The zero-order valence-corrected chi connectivity index (χ0v) is 12.9. The summed E-state index contributed by atoms with van der Waals surface area (Å²) < 4.78 is 26.5. The lowest BCUT2D eigenvalue weighted by molar-refractivity contribution is 0.104. The molecule has 116 valence electrons. The molecule has 2 rings (SSSR count). The van der Waals surface area contributed by atoms with E-state index < -0.39 is 11.6 Å². The monoisotopic (exact) mass is 311 g/mol. The number of hydrogen-bond acceptors (Lipinski definition) is 2. The number of nitrogens with zero attached hydrogens (tertiary/aromatic N) is 1. The third-order valence-electron chi connectivity index (χ3n) is 3.42. The summed E-state index contributed by atoms with van der Waals surface area (Å²) >= 11 is 0. The summed E-state index contributed by atoms with van der Waals surface area (Å²) in [4.78, 5) is 12.3. The van der Waals surface area contributed by atoms with Crippen LogP contribution in [0.2, 0.25) is 0 Å². The minimum absolute atomic E-state index is 0.200. The van der Waals surface area contributed by atoms with E-state index in [1.807, 2.05) is 13.0 Å². The van der Waals surface area contributed by atoms with Crippen LogP contribution in [-0.2, 0) is 6.42 Å². The van der Waals surface area contributed by atoms with Gasteiger partial charge >= 0.3 is 0 Å². The molecule has 0 N–H and O–H groups in total. The van der Waals surface area contributed by atoms with Gasteiger partial charge in [0.1, 0.15) is 11.6 Å². The van der Waals surface area contributed by atoms with Crippen molar-refractivity contribution in [3.63, 3.8) is 0 Å². The Labute approximate surface area is 133 Å². The van der Waals surface area contributed by atoms with Crippen molar-refractivity contribution in [1.29, 1.82) is 5.26 Å². The van der Waals surface area contributed by atoms with Crippen molar-refractivity contribution in [2.75, 3.05) is 0 Å². The SMILES string of the molecule is C/C(=C\C(=O)c1cc(C)ccc1C#N)Cc1ccc(F)cc1F. The molecule has 0 saturated heterocycles. The van der Waals surface area contributed by atoms with E-state index in [0.717, 1.165) is 11.6 Å². The molecule has 0 aliphatic carbocycles. The first kappa shape index (κ1) is 16.6. The molecule has 0 aliphatic rings. The normalized spacial score (nSPS) is 11.2. The van der Waals surface area contributed by atoms with Gasteiger partial charge in [-0.05, 0) is 50.1 Å². The number of ketones is 1. The number of allylic oxidation sites excluding steroid dienone is 2. The van der Waals surface area contributed by atoms with Gasteiger partial charge in [-0.2, -0.15) is 5.26 Å². The molecular formula is C19H15F2NO. The third-order valence-corrected chi connectivity index (χ3v) is 3.42. The lowest BCUT2D eigenvalue weighted by atomic mass is 9.98. The maximum Gasteiger partial charge on any atom is 0.187 e. The predicted molar refractivity (Wildman–Crippen MR) is 84.0 cm³/mol. The Kier molecular flexibility index (Phi) is 5.02. The van der Waals surface area contributed by atoms with E-state index in [1.54, 1.807) is 25.1 Å². The van der Waals surface area contributed by atoms with Crippen LogP contribution in [-0.4, -0.2) is 5.78 Å². The average Bonchev–Trinajstić information content (AvgIpc) is 2.50. The Morgan fingerprint density at radius 2 is 1.96 bits per heavy atom. The molecule has 0 saturated carbocycles. The first-order valence-electron chi connectivity index (χ1n) is 7.07. The van der Waals surface area contributed by atoms with E-state index in [4.69, 9.17) is 5.26 Å². The predicted octanol–water partition coefficient (Wildman–Crippen LogP) is 4.52. The Hall–Kier alpha value is -2.80. The van der Waals surface area contributed by atoms with Crippen molar-refractivity contribution in [3.8, 4) is 6.07 Å². The number of carbonyl (C=O) groups is 1. The summed E-state index contributed by atoms with van der Waals surface area (Å²) in [5.74, 6) is -1.58. The van der Waals surface area contributed by atoms with Gasteiger partial charge in [0.15, 0.2) is 5.78 Å². The van der Waals surface area contributed by atoms with Crippen LogP contribution in [0, 0.1) is 29.9 Å². The maximum absolute atomic E-state index is 13.6. The molecule has 2 aromatic carbocycles. The van der Waals surface area contributed by atoms with E-state index in [0.29, 0.717) is 22.3 Å². The van der Waals surface area contributed by atoms with Gasteiger partial charge < -0.3 is 0 Å². The fourth-order valence-corrected chi connectivity index (χ4v) is 2.28. The first-order chi connectivity index (χ1) is 10.9. The highest BCUT2D eigenvalue weighted by atomic mass is 19.1. The standard InChI is InChI=1S/C19H15F2NO/c1-12-3-4-15(11-22)17(8-12)19(23)9-13(2)7-14-5-6-16(20)10-18(14)21/h3-6,8-10H,7H2,1-2H3/b13-9+. The number of aryl methyl sites for hydroxylation is 1. The molecule has 0 spiro atoms. The topological polar surface area (TPSA) is 40.9 Å². The van der Waals surface area contributed by atoms with Crippen LogP contribution in [0.4, 0.5) is 8.78 Å². The van der Waals surface area contributed by atoms with Gasteiger partial charge in [0, 0.05) is 11.6 Å². The van der Waals surface area contributed by atoms with E-state index in [1.165, 1.54) is 18.2 Å². The summed E-state index contributed by atoms with van der Waals surface area (Å²) in [6.45, 7) is 3.53. The highest BCUT2D eigenvalue weighted by Crippen LogP contribution is 2.16. The van der Waals surface area contributed by atoms with Gasteiger partial charge in [0.05, 0.1) is 11.6 Å². The number of benzene rings is 2. The smallest absolute Gasteiger partial charge is 0.187 e. The molecular weight excluding hydrogens is 296 g/mol. The summed E-state index contributed by atoms with van der Waals surface area (Å²) in [5, 5.41) is 9.08. The van der Waals surface area contributed by atoms with Crippen LogP contribution in [0.15, 0.2) is 48.0 Å². The molecule has 0 heterocycles. The van der Waals surface area contributed by atoms with Crippen LogP contribution >= 0.6 is 0 Å². The minimum Gasteiger partial charge on any atom is -0.289 e. The van der Waals surface area contributed by atoms with E-state index in [-0.39, 0.29) is 12.2 Å². The molecule has 0 unspecified atom stereocenters. The Bertz CT molecular complexity index is 832. The fourth-order valence-electron chi connectivity index (χ4n) is 2.28. The lowest BCUT2D eigenvalue weighted by Gasteiger charge is -2.05. The number of hydrogen-bond donors (Lipinski definition) is 0. The first-order valence-corrected chi connectivity index (χ1v) is 7.07. The third kappa shape index (κ3) is 4.10. The van der Waals surface area contributed by atoms with E-state index in [2.05, 4.69) is 0 Å². The van der Waals surface area contributed by atoms with Crippen LogP contribution < -0.4 is 0 Å². The van der Waals surface area contributed by atoms with E-state index >= 15 is 0 Å². The highest BCUT2D eigenvalue weighted by molar-refractivity contribution is 6.06. The largest absolute Gasteiger partial charge is 0.289 e. The molecule has 0 fully saturated rings. The highest BCUT2D eigenvalue weighted by Gasteiger charge is 2.11. The fraction of sp³-hybridized carbons (Fsp3) is 0.158. The summed E-state index contributed by atoms with van der Waals surface area (Å²) in [6.07, 6.45) is 1.59. The molecule has 2 aromatic rings. The number of rotatable bonds is 4. The number of carbonyl (C=O) groups excluding carboxylic acids is 1. The minimum atomic E-state index is -0.640. The lowest BCUT2D eigenvalue weighted by Crippen LogP contribution is -2.02. The zero-order valence-electron chi connectivity index (χ0n) is 12.9. The molecule has 0 radical (unpaired) electrons. The Morgan fingerprint density at radius 3 is 2.61 bits per heavy atom. The van der Waals surface area contributed by atoms with Crippen molar-refractivity contribution in [2.45, 2.75) is 20.3 Å². The summed E-state index contributed by atoms with van der Waals surface area (Å²) in [7, 11) is 0. The number of halogens is 2. The van der Waals surface area contributed by atoms with Crippen LogP contribution in [0.1, 0.15) is 34.0 Å². The molecule has 0 aromatic heterocycles. The van der Waals surface area contributed by atoms with Crippen molar-refractivity contribution >= 4 is 5.78 Å². The molecule has 0 aliphatic heterocycles. The van der Waals surface area contributed by atoms with Crippen LogP contribution in [0.25, 0.3) is 0 Å². The molecule has 4 heteroatoms. The molecule has 0 atom stereocenters.